The highest BCUT2D eigenvalue weighted by molar-refractivity contribution is 5.71. The second-order valence-electron chi connectivity index (χ2n) is 18.5. The van der Waals surface area contributed by atoms with Gasteiger partial charge in [0.1, 0.15) is 13.2 Å². The number of carbonyl (C=O) groups excluding carboxylic acids is 3. The zero-order chi connectivity index (χ0) is 45.1. The zero-order valence-corrected chi connectivity index (χ0v) is 41.7. The van der Waals surface area contributed by atoms with Gasteiger partial charge in [-0.25, -0.2) is 0 Å². The Kier molecular flexibility index (Phi) is 49.8. The van der Waals surface area contributed by atoms with Gasteiger partial charge in [-0.1, -0.05) is 238 Å². The number of esters is 3. The fourth-order valence-corrected chi connectivity index (χ4v) is 8.03. The number of rotatable bonds is 50. The van der Waals surface area contributed by atoms with Crippen molar-refractivity contribution in [2.24, 2.45) is 0 Å². The van der Waals surface area contributed by atoms with Crippen LogP contribution < -0.4 is 0 Å². The highest BCUT2D eigenvalue weighted by atomic mass is 16.6. The lowest BCUT2D eigenvalue weighted by Crippen LogP contribution is -2.30. The van der Waals surface area contributed by atoms with Crippen molar-refractivity contribution in [3.8, 4) is 0 Å². The van der Waals surface area contributed by atoms with Gasteiger partial charge in [-0.2, -0.15) is 0 Å². The minimum absolute atomic E-state index is 0.0733. The van der Waals surface area contributed by atoms with Crippen molar-refractivity contribution < 1.29 is 28.6 Å². The Balaban J connectivity index is 4.29. The highest BCUT2D eigenvalue weighted by Gasteiger charge is 2.19. The molecular weight excluding hydrogens is 769 g/mol. The summed E-state index contributed by atoms with van der Waals surface area (Å²) in [7, 11) is 0. The lowest BCUT2D eigenvalue weighted by molar-refractivity contribution is -0.167. The molecule has 0 aromatic carbocycles. The molecule has 0 aromatic heterocycles. The average Bonchev–Trinajstić information content (AvgIpc) is 3.27. The first-order valence-electron chi connectivity index (χ1n) is 27.3. The maximum absolute atomic E-state index is 12.8. The molecule has 364 valence electrons. The second kappa shape index (κ2) is 51.5. The average molecular weight is 873 g/mol. The van der Waals surface area contributed by atoms with Gasteiger partial charge in [0, 0.05) is 19.3 Å². The standard InChI is InChI=1S/C56H104O6/c1-4-7-10-13-16-19-22-24-26-28-29-31-32-34-37-40-43-46-49-55(58)61-52-53(51-60-54(57)48-45-42-39-36-21-18-15-12-9-6-3)62-56(59)50-47-44-41-38-35-33-30-27-25-23-20-17-14-11-8-5-2/h12,15,27,30,53H,4-11,13-14,16-26,28-29,31-52H2,1-3H3/b15-12-,30-27-. The van der Waals surface area contributed by atoms with Crippen molar-refractivity contribution in [2.45, 2.75) is 303 Å². The molecule has 0 amide bonds. The first-order valence-corrected chi connectivity index (χ1v) is 27.3. The first-order chi connectivity index (χ1) is 30.5. The maximum atomic E-state index is 12.8. The summed E-state index contributed by atoms with van der Waals surface area (Å²) in [5.41, 5.74) is 0. The highest BCUT2D eigenvalue weighted by Crippen LogP contribution is 2.16. The van der Waals surface area contributed by atoms with Gasteiger partial charge in [0.2, 0.25) is 0 Å². The van der Waals surface area contributed by atoms with E-state index in [0.717, 1.165) is 77.0 Å². The summed E-state index contributed by atoms with van der Waals surface area (Å²) in [4.78, 5) is 38.0. The minimum atomic E-state index is -0.774. The molecule has 0 bridgehead atoms. The van der Waals surface area contributed by atoms with Crippen molar-refractivity contribution in [1.82, 2.24) is 0 Å². The molecule has 0 aromatic rings. The fraction of sp³-hybridized carbons (Fsp3) is 0.875. The molecule has 0 saturated heterocycles. The van der Waals surface area contributed by atoms with Crippen LogP contribution in [0.1, 0.15) is 297 Å². The lowest BCUT2D eigenvalue weighted by Gasteiger charge is -2.18. The molecule has 0 fully saturated rings. The van der Waals surface area contributed by atoms with Crippen LogP contribution in [-0.2, 0) is 28.6 Å². The number of allylic oxidation sites excluding steroid dienone is 4. The maximum Gasteiger partial charge on any atom is 0.306 e. The molecule has 6 nitrogen and oxygen atoms in total. The van der Waals surface area contributed by atoms with Crippen molar-refractivity contribution in [1.29, 1.82) is 0 Å². The van der Waals surface area contributed by atoms with E-state index in [0.29, 0.717) is 19.3 Å². The number of ether oxygens (including phenoxy) is 3. The Morgan fingerprint density at radius 1 is 0.306 bits per heavy atom. The quantitative estimate of drug-likeness (QED) is 0.0262. The van der Waals surface area contributed by atoms with Crippen LogP contribution in [0, 0.1) is 0 Å². The lowest BCUT2D eigenvalue weighted by atomic mass is 10.0. The zero-order valence-electron chi connectivity index (χ0n) is 41.7. The number of hydrogen-bond donors (Lipinski definition) is 0. The Hall–Kier alpha value is -2.11. The van der Waals surface area contributed by atoms with E-state index < -0.39 is 6.10 Å². The first kappa shape index (κ1) is 59.9. The third-order valence-electron chi connectivity index (χ3n) is 12.2. The van der Waals surface area contributed by atoms with Gasteiger partial charge in [-0.05, 0) is 64.2 Å². The van der Waals surface area contributed by atoms with Crippen molar-refractivity contribution >= 4 is 17.9 Å². The Morgan fingerprint density at radius 2 is 0.565 bits per heavy atom. The van der Waals surface area contributed by atoms with Gasteiger partial charge in [-0.3, -0.25) is 14.4 Å². The molecule has 0 rings (SSSR count). The van der Waals surface area contributed by atoms with Crippen molar-refractivity contribution in [3.63, 3.8) is 0 Å². The molecule has 1 atom stereocenters. The molecule has 0 N–H and O–H groups in total. The van der Waals surface area contributed by atoms with E-state index in [-0.39, 0.29) is 31.1 Å². The number of unbranched alkanes of at least 4 members (excludes halogenated alkanes) is 35. The SMILES string of the molecule is CCC/C=C\CCCCCCCC(=O)OCC(COC(=O)CCCCCCCCCCCCCCCCCCCC)OC(=O)CCCCCCC/C=C\CCCCCCCCC. The summed E-state index contributed by atoms with van der Waals surface area (Å²) < 4.78 is 16.8. The summed E-state index contributed by atoms with van der Waals surface area (Å²) in [5.74, 6) is -0.878. The smallest absolute Gasteiger partial charge is 0.306 e. The fourth-order valence-electron chi connectivity index (χ4n) is 8.03. The largest absolute Gasteiger partial charge is 0.462 e. The van der Waals surface area contributed by atoms with Crippen LogP contribution in [-0.4, -0.2) is 37.2 Å². The van der Waals surface area contributed by atoms with Gasteiger partial charge >= 0.3 is 17.9 Å². The normalized spacial score (nSPS) is 12.1. The van der Waals surface area contributed by atoms with E-state index in [4.69, 9.17) is 14.2 Å². The molecule has 0 aliphatic carbocycles. The van der Waals surface area contributed by atoms with Gasteiger partial charge in [0.05, 0.1) is 0 Å². The van der Waals surface area contributed by atoms with Crippen LogP contribution in [0.15, 0.2) is 24.3 Å². The predicted octanol–water partition coefficient (Wildman–Crippen LogP) is 17.9. The molecule has 0 radical (unpaired) electrons. The van der Waals surface area contributed by atoms with Gasteiger partial charge in [0.15, 0.2) is 6.10 Å². The summed E-state index contributed by atoms with van der Waals surface area (Å²) >= 11 is 0. The van der Waals surface area contributed by atoms with Gasteiger partial charge in [-0.15, -0.1) is 0 Å². The number of hydrogen-bond acceptors (Lipinski definition) is 6. The predicted molar refractivity (Wildman–Crippen MR) is 266 cm³/mol. The Morgan fingerprint density at radius 3 is 0.871 bits per heavy atom. The van der Waals surface area contributed by atoms with Crippen molar-refractivity contribution in [3.05, 3.63) is 24.3 Å². The molecule has 0 aliphatic heterocycles. The Bertz CT molecular complexity index is 1000. The van der Waals surface area contributed by atoms with Crippen LogP contribution >= 0.6 is 0 Å². The van der Waals surface area contributed by atoms with Crippen LogP contribution in [0.5, 0.6) is 0 Å². The summed E-state index contributed by atoms with van der Waals surface area (Å²) in [6.45, 7) is 6.60. The van der Waals surface area contributed by atoms with Crippen LogP contribution in [0.25, 0.3) is 0 Å². The summed E-state index contributed by atoms with van der Waals surface area (Å²) in [5, 5.41) is 0. The molecule has 0 spiro atoms. The van der Waals surface area contributed by atoms with E-state index in [9.17, 15) is 14.4 Å². The topological polar surface area (TPSA) is 78.9 Å². The Labute approximate surface area is 385 Å². The summed E-state index contributed by atoms with van der Waals surface area (Å²) in [6, 6.07) is 0. The molecule has 0 heterocycles. The van der Waals surface area contributed by atoms with Crippen LogP contribution in [0.2, 0.25) is 0 Å². The van der Waals surface area contributed by atoms with Crippen LogP contribution in [0.3, 0.4) is 0 Å². The van der Waals surface area contributed by atoms with E-state index in [2.05, 4.69) is 45.1 Å². The van der Waals surface area contributed by atoms with E-state index >= 15 is 0 Å². The number of carbonyl (C=O) groups is 3. The molecule has 6 heteroatoms. The monoisotopic (exact) mass is 873 g/mol. The van der Waals surface area contributed by atoms with E-state index in [1.54, 1.807) is 0 Å². The minimum Gasteiger partial charge on any atom is -0.462 e. The second-order valence-corrected chi connectivity index (χ2v) is 18.5. The summed E-state index contributed by atoms with van der Waals surface area (Å²) in [6.07, 6.45) is 58.8. The van der Waals surface area contributed by atoms with Gasteiger partial charge in [0.25, 0.3) is 0 Å². The van der Waals surface area contributed by atoms with E-state index in [1.165, 1.54) is 180 Å². The third-order valence-corrected chi connectivity index (χ3v) is 12.2. The third kappa shape index (κ3) is 48.9. The molecule has 1 unspecified atom stereocenters. The molecule has 0 saturated carbocycles. The van der Waals surface area contributed by atoms with Gasteiger partial charge < -0.3 is 14.2 Å². The van der Waals surface area contributed by atoms with E-state index in [1.807, 2.05) is 0 Å². The molecule has 62 heavy (non-hydrogen) atoms. The molecular formula is C56H104O6. The van der Waals surface area contributed by atoms with Crippen molar-refractivity contribution in [2.75, 3.05) is 13.2 Å². The molecule has 0 aliphatic rings. The van der Waals surface area contributed by atoms with Crippen LogP contribution in [0.4, 0.5) is 0 Å².